The van der Waals surface area contributed by atoms with Gasteiger partial charge >= 0.3 is 5.97 Å². The Kier molecular flexibility index (Phi) is 4.14. The average Bonchev–Trinajstić information content (AvgIpc) is 2.69. The molecule has 8 heteroatoms. The highest BCUT2D eigenvalue weighted by molar-refractivity contribution is 7.89. The second kappa shape index (κ2) is 5.53. The van der Waals surface area contributed by atoms with Crippen LogP contribution in [0, 0.1) is 13.8 Å². The second-order valence-electron chi connectivity index (χ2n) is 5.02. The van der Waals surface area contributed by atoms with Gasteiger partial charge in [-0.15, -0.1) is 0 Å². The summed E-state index contributed by atoms with van der Waals surface area (Å²) in [6, 6.07) is -0.500. The molecule has 1 aliphatic heterocycles. The summed E-state index contributed by atoms with van der Waals surface area (Å²) in [5, 5.41) is 12.6. The lowest BCUT2D eigenvalue weighted by atomic mass is 10.0. The molecule has 0 spiro atoms. The van der Waals surface area contributed by atoms with E-state index in [9.17, 15) is 13.2 Å². The predicted molar refractivity (Wildman–Crippen MR) is 69.8 cm³/mol. The molecule has 1 atom stereocenters. The van der Waals surface area contributed by atoms with Gasteiger partial charge in [-0.3, -0.25) is 4.79 Å². The average molecular weight is 302 g/mol. The molecule has 7 nitrogen and oxygen atoms in total. The zero-order valence-corrected chi connectivity index (χ0v) is 12.3. The third-order valence-corrected chi connectivity index (χ3v) is 5.71. The standard InChI is InChI=1S/C12H18N2O5S/c1-8-12(9(2)19-13-8)20(17,18)14-6-4-3-5-10(14)7-11(15)16/h10H,3-7H2,1-2H3,(H,15,16). The van der Waals surface area contributed by atoms with Crippen molar-refractivity contribution in [3.8, 4) is 0 Å². The number of aromatic nitrogens is 1. The highest BCUT2D eigenvalue weighted by Gasteiger charge is 2.37. The third kappa shape index (κ3) is 2.71. The Bertz CT molecular complexity index is 588. The van der Waals surface area contributed by atoms with Crippen LogP contribution in [0.5, 0.6) is 0 Å². The van der Waals surface area contributed by atoms with Crippen LogP contribution in [0.4, 0.5) is 0 Å². The fraction of sp³-hybridized carbons (Fsp3) is 0.667. The first kappa shape index (κ1) is 15.0. The lowest BCUT2D eigenvalue weighted by Gasteiger charge is -2.33. The van der Waals surface area contributed by atoms with E-state index in [4.69, 9.17) is 9.63 Å². The number of rotatable bonds is 4. The van der Waals surface area contributed by atoms with Crippen LogP contribution in [0.2, 0.25) is 0 Å². The Morgan fingerprint density at radius 2 is 2.15 bits per heavy atom. The Morgan fingerprint density at radius 3 is 2.70 bits per heavy atom. The lowest BCUT2D eigenvalue weighted by Crippen LogP contribution is -2.44. The maximum Gasteiger partial charge on any atom is 0.304 e. The molecule has 112 valence electrons. The molecular weight excluding hydrogens is 284 g/mol. The molecule has 1 N–H and O–H groups in total. The number of piperidine rings is 1. The fourth-order valence-electron chi connectivity index (χ4n) is 2.66. The number of hydrogen-bond donors (Lipinski definition) is 1. The van der Waals surface area contributed by atoms with E-state index in [0.717, 1.165) is 12.8 Å². The molecule has 1 fully saturated rings. The summed E-state index contributed by atoms with van der Waals surface area (Å²) >= 11 is 0. The summed E-state index contributed by atoms with van der Waals surface area (Å²) in [4.78, 5) is 11.0. The Labute approximate surface area is 117 Å². The van der Waals surface area contributed by atoms with Gasteiger partial charge in [0.2, 0.25) is 10.0 Å². The van der Waals surface area contributed by atoms with Crippen LogP contribution in [0.25, 0.3) is 0 Å². The SMILES string of the molecule is Cc1noc(C)c1S(=O)(=O)N1CCCCC1CC(=O)O. The molecule has 0 aromatic carbocycles. The molecule has 0 amide bonds. The minimum atomic E-state index is -3.76. The summed E-state index contributed by atoms with van der Waals surface area (Å²) in [5.41, 5.74) is 0.308. The topological polar surface area (TPSA) is 101 Å². The molecule has 1 saturated heterocycles. The van der Waals surface area contributed by atoms with Crippen LogP contribution in [0.1, 0.15) is 37.1 Å². The number of aryl methyl sites for hydroxylation is 2. The van der Waals surface area contributed by atoms with Crippen molar-refractivity contribution in [3.63, 3.8) is 0 Å². The maximum atomic E-state index is 12.7. The molecule has 2 heterocycles. The highest BCUT2D eigenvalue weighted by Crippen LogP contribution is 2.30. The van der Waals surface area contributed by atoms with E-state index in [-0.39, 0.29) is 17.1 Å². The molecule has 1 aliphatic rings. The van der Waals surface area contributed by atoms with Gasteiger partial charge in [0.1, 0.15) is 10.6 Å². The molecule has 0 saturated carbocycles. The van der Waals surface area contributed by atoms with Crippen molar-refractivity contribution in [2.75, 3.05) is 6.54 Å². The summed E-state index contributed by atoms with van der Waals surface area (Å²) in [7, 11) is -3.76. The maximum absolute atomic E-state index is 12.7. The molecule has 2 rings (SSSR count). The van der Waals surface area contributed by atoms with Crippen LogP contribution in [0.3, 0.4) is 0 Å². The molecular formula is C12H18N2O5S. The summed E-state index contributed by atoms with van der Waals surface area (Å²) in [6.45, 7) is 3.45. The minimum absolute atomic E-state index is 0.0646. The van der Waals surface area contributed by atoms with Crippen molar-refractivity contribution in [2.24, 2.45) is 0 Å². The van der Waals surface area contributed by atoms with E-state index in [2.05, 4.69) is 5.16 Å². The molecule has 0 radical (unpaired) electrons. The van der Waals surface area contributed by atoms with Crippen molar-refractivity contribution in [2.45, 2.75) is 50.5 Å². The molecule has 0 bridgehead atoms. The third-order valence-electron chi connectivity index (χ3n) is 3.52. The molecule has 1 unspecified atom stereocenters. The van der Waals surface area contributed by atoms with Gasteiger partial charge in [-0.2, -0.15) is 4.31 Å². The van der Waals surface area contributed by atoms with Crippen LogP contribution < -0.4 is 0 Å². The van der Waals surface area contributed by atoms with Gasteiger partial charge in [0.25, 0.3) is 0 Å². The number of nitrogens with zero attached hydrogens (tertiary/aromatic N) is 2. The van der Waals surface area contributed by atoms with Gasteiger partial charge < -0.3 is 9.63 Å². The van der Waals surface area contributed by atoms with Gasteiger partial charge in [-0.25, -0.2) is 8.42 Å². The number of sulfonamides is 1. The predicted octanol–water partition coefficient (Wildman–Crippen LogP) is 1.31. The number of hydrogen-bond acceptors (Lipinski definition) is 5. The van der Waals surface area contributed by atoms with E-state index >= 15 is 0 Å². The summed E-state index contributed by atoms with van der Waals surface area (Å²) in [6.07, 6.45) is 1.96. The van der Waals surface area contributed by atoms with Crippen molar-refractivity contribution in [3.05, 3.63) is 11.5 Å². The van der Waals surface area contributed by atoms with Gasteiger partial charge in [-0.05, 0) is 26.7 Å². The fourth-order valence-corrected chi connectivity index (χ4v) is 4.64. The normalized spacial score (nSPS) is 21.0. The molecule has 1 aromatic heterocycles. The van der Waals surface area contributed by atoms with Crippen molar-refractivity contribution in [1.29, 1.82) is 0 Å². The Morgan fingerprint density at radius 1 is 1.45 bits per heavy atom. The molecule has 1 aromatic rings. The largest absolute Gasteiger partial charge is 0.481 e. The van der Waals surface area contributed by atoms with E-state index in [1.807, 2.05) is 0 Å². The molecule has 0 aliphatic carbocycles. The first-order chi connectivity index (χ1) is 9.34. The quantitative estimate of drug-likeness (QED) is 0.900. The monoisotopic (exact) mass is 302 g/mol. The lowest BCUT2D eigenvalue weighted by molar-refractivity contribution is -0.138. The Hall–Kier alpha value is -1.41. The zero-order chi connectivity index (χ0) is 14.9. The van der Waals surface area contributed by atoms with E-state index in [1.54, 1.807) is 13.8 Å². The zero-order valence-electron chi connectivity index (χ0n) is 11.5. The van der Waals surface area contributed by atoms with E-state index < -0.39 is 22.0 Å². The first-order valence-corrected chi connectivity index (χ1v) is 7.94. The van der Waals surface area contributed by atoms with Crippen molar-refractivity contribution < 1.29 is 22.8 Å². The van der Waals surface area contributed by atoms with Crippen LogP contribution >= 0.6 is 0 Å². The molecule has 20 heavy (non-hydrogen) atoms. The summed E-state index contributed by atoms with van der Waals surface area (Å²) in [5.74, 6) is -0.752. The van der Waals surface area contributed by atoms with Gasteiger partial charge in [0.15, 0.2) is 5.76 Å². The second-order valence-corrected chi connectivity index (χ2v) is 6.84. The van der Waals surface area contributed by atoms with Crippen molar-refractivity contribution >= 4 is 16.0 Å². The Balaban J connectivity index is 2.38. The number of carbonyl (C=O) groups is 1. The van der Waals surface area contributed by atoms with E-state index in [1.165, 1.54) is 4.31 Å². The van der Waals surface area contributed by atoms with Crippen LogP contribution in [-0.4, -0.2) is 41.5 Å². The van der Waals surface area contributed by atoms with E-state index in [0.29, 0.717) is 18.7 Å². The first-order valence-electron chi connectivity index (χ1n) is 6.50. The number of carboxylic acid groups (broad SMARTS) is 1. The van der Waals surface area contributed by atoms with Crippen LogP contribution in [0.15, 0.2) is 9.42 Å². The van der Waals surface area contributed by atoms with Gasteiger partial charge in [-0.1, -0.05) is 11.6 Å². The smallest absolute Gasteiger partial charge is 0.304 e. The highest BCUT2D eigenvalue weighted by atomic mass is 32.2. The van der Waals surface area contributed by atoms with Gasteiger partial charge in [0.05, 0.1) is 6.42 Å². The van der Waals surface area contributed by atoms with Crippen molar-refractivity contribution in [1.82, 2.24) is 9.46 Å². The summed E-state index contributed by atoms with van der Waals surface area (Å²) < 4.78 is 31.6. The number of aliphatic carboxylic acids is 1. The van der Waals surface area contributed by atoms with Gasteiger partial charge in [0, 0.05) is 12.6 Å². The van der Waals surface area contributed by atoms with Crippen LogP contribution in [-0.2, 0) is 14.8 Å². The minimum Gasteiger partial charge on any atom is -0.481 e. The number of carboxylic acids is 1.